The van der Waals surface area contributed by atoms with Crippen molar-refractivity contribution in [1.29, 1.82) is 0 Å². The summed E-state index contributed by atoms with van der Waals surface area (Å²) in [6.45, 7) is 4.09. The number of halogens is 1. The molecule has 0 aliphatic carbocycles. The van der Waals surface area contributed by atoms with Crippen LogP contribution in [0.3, 0.4) is 0 Å². The molecule has 1 saturated heterocycles. The lowest BCUT2D eigenvalue weighted by atomic mass is 10.1. The zero-order valence-corrected chi connectivity index (χ0v) is 11.9. The van der Waals surface area contributed by atoms with Crippen molar-refractivity contribution >= 4 is 18.1 Å². The Hall–Kier alpha value is -1.21. The van der Waals surface area contributed by atoms with E-state index in [0.717, 1.165) is 38.4 Å². The number of nitro groups is 1. The molecule has 1 fully saturated rings. The van der Waals surface area contributed by atoms with Crippen molar-refractivity contribution in [3.8, 4) is 0 Å². The van der Waals surface area contributed by atoms with Gasteiger partial charge in [0.1, 0.15) is 0 Å². The van der Waals surface area contributed by atoms with Crippen LogP contribution in [0.2, 0.25) is 0 Å². The Morgan fingerprint density at radius 3 is 2.45 bits per heavy atom. The molecule has 2 rings (SSSR count). The molecule has 6 nitrogen and oxygen atoms in total. The minimum atomic E-state index is -0.580. The molecule has 1 unspecified atom stereocenters. The summed E-state index contributed by atoms with van der Waals surface area (Å²) in [6.07, 6.45) is 0.0429. The van der Waals surface area contributed by atoms with E-state index in [9.17, 15) is 15.2 Å². The Bertz CT molecular complexity index is 421. The van der Waals surface area contributed by atoms with Gasteiger partial charge in [-0.3, -0.25) is 15.0 Å². The van der Waals surface area contributed by atoms with Gasteiger partial charge in [0.05, 0.1) is 24.2 Å². The second-order valence-electron chi connectivity index (χ2n) is 4.61. The number of hydrogen-bond donors (Lipinski definition) is 1. The average molecular weight is 303 g/mol. The van der Waals surface area contributed by atoms with Crippen molar-refractivity contribution in [3.05, 3.63) is 39.9 Å². The molecule has 1 aliphatic rings. The number of nitro benzene ring substituents is 1. The SMILES string of the molecule is Cl.O=[N+]([O-])c1ccc(C(O)CCN2CCOCC2)cc1. The second kappa shape index (κ2) is 8.16. The Morgan fingerprint density at radius 2 is 1.90 bits per heavy atom. The van der Waals surface area contributed by atoms with Crippen molar-refractivity contribution in [1.82, 2.24) is 4.90 Å². The van der Waals surface area contributed by atoms with E-state index in [1.807, 2.05) is 0 Å². The average Bonchev–Trinajstić information content (AvgIpc) is 2.46. The summed E-state index contributed by atoms with van der Waals surface area (Å²) in [5, 5.41) is 20.6. The van der Waals surface area contributed by atoms with Crippen LogP contribution < -0.4 is 0 Å². The van der Waals surface area contributed by atoms with Crippen molar-refractivity contribution in [2.24, 2.45) is 0 Å². The molecular formula is C13H19ClN2O4. The summed E-state index contributed by atoms with van der Waals surface area (Å²) in [6, 6.07) is 6.07. The topological polar surface area (TPSA) is 75.8 Å². The van der Waals surface area contributed by atoms with Crippen LogP contribution in [0.4, 0.5) is 5.69 Å². The lowest BCUT2D eigenvalue weighted by Crippen LogP contribution is -2.37. The molecule has 0 saturated carbocycles. The predicted molar refractivity (Wildman–Crippen MR) is 77.2 cm³/mol. The summed E-state index contributed by atoms with van der Waals surface area (Å²) in [5.74, 6) is 0. The van der Waals surface area contributed by atoms with Crippen LogP contribution in [0.15, 0.2) is 24.3 Å². The Kier molecular flexibility index (Phi) is 6.87. The van der Waals surface area contributed by atoms with Gasteiger partial charge in [0.2, 0.25) is 0 Å². The van der Waals surface area contributed by atoms with E-state index in [4.69, 9.17) is 4.74 Å². The predicted octanol–water partition coefficient (Wildman–Crippen LogP) is 1.77. The van der Waals surface area contributed by atoms with Gasteiger partial charge in [0.15, 0.2) is 0 Å². The standard InChI is InChI=1S/C13H18N2O4.ClH/c16-13(5-6-14-7-9-19-10-8-14)11-1-3-12(4-2-11)15(17)18;/h1-4,13,16H,5-10H2;1H. The van der Waals surface area contributed by atoms with Crippen molar-refractivity contribution < 1.29 is 14.8 Å². The first-order valence-corrected chi connectivity index (χ1v) is 6.39. The molecule has 0 radical (unpaired) electrons. The monoisotopic (exact) mass is 302 g/mol. The van der Waals surface area contributed by atoms with Crippen LogP contribution in [-0.2, 0) is 4.74 Å². The molecular weight excluding hydrogens is 284 g/mol. The number of rotatable bonds is 5. The van der Waals surface area contributed by atoms with Crippen molar-refractivity contribution in [3.63, 3.8) is 0 Å². The quantitative estimate of drug-likeness (QED) is 0.663. The zero-order chi connectivity index (χ0) is 13.7. The molecule has 1 heterocycles. The Labute approximate surface area is 123 Å². The van der Waals surface area contributed by atoms with Crippen LogP contribution >= 0.6 is 12.4 Å². The highest BCUT2D eigenvalue weighted by atomic mass is 35.5. The number of non-ortho nitro benzene ring substituents is 1. The summed E-state index contributed by atoms with van der Waals surface area (Å²) >= 11 is 0. The number of benzene rings is 1. The molecule has 1 aliphatic heterocycles. The maximum Gasteiger partial charge on any atom is 0.269 e. The normalized spacial score (nSPS) is 17.2. The highest BCUT2D eigenvalue weighted by Gasteiger charge is 2.14. The van der Waals surface area contributed by atoms with Crippen molar-refractivity contribution in [2.75, 3.05) is 32.8 Å². The van der Waals surface area contributed by atoms with Crippen LogP contribution in [0.1, 0.15) is 18.1 Å². The largest absolute Gasteiger partial charge is 0.388 e. The molecule has 112 valence electrons. The van der Waals surface area contributed by atoms with Crippen LogP contribution in [0, 0.1) is 10.1 Å². The number of hydrogen-bond acceptors (Lipinski definition) is 5. The number of aliphatic hydroxyl groups is 1. The van der Waals surface area contributed by atoms with Crippen LogP contribution in [0.25, 0.3) is 0 Å². The van der Waals surface area contributed by atoms with Gasteiger partial charge >= 0.3 is 0 Å². The smallest absolute Gasteiger partial charge is 0.269 e. The molecule has 1 aromatic carbocycles. The first-order chi connectivity index (χ1) is 9.16. The van der Waals surface area contributed by atoms with Crippen LogP contribution in [0.5, 0.6) is 0 Å². The van der Waals surface area contributed by atoms with Crippen molar-refractivity contribution in [2.45, 2.75) is 12.5 Å². The Balaban J connectivity index is 0.00000200. The summed E-state index contributed by atoms with van der Waals surface area (Å²) < 4.78 is 5.26. The third kappa shape index (κ3) is 4.72. The fourth-order valence-corrected chi connectivity index (χ4v) is 2.11. The molecule has 1 aromatic rings. The van der Waals surface area contributed by atoms with E-state index in [1.54, 1.807) is 12.1 Å². The minimum absolute atomic E-state index is 0. The molecule has 0 bridgehead atoms. The van der Waals surface area contributed by atoms with Gasteiger partial charge in [-0.25, -0.2) is 0 Å². The first-order valence-electron chi connectivity index (χ1n) is 6.39. The molecule has 0 amide bonds. The van der Waals surface area contributed by atoms with Gasteiger partial charge in [0, 0.05) is 31.8 Å². The molecule has 7 heteroatoms. The zero-order valence-electron chi connectivity index (χ0n) is 11.1. The number of aliphatic hydroxyl groups excluding tert-OH is 1. The van der Waals surface area contributed by atoms with E-state index < -0.39 is 11.0 Å². The van der Waals surface area contributed by atoms with Crippen LogP contribution in [-0.4, -0.2) is 47.8 Å². The fourth-order valence-electron chi connectivity index (χ4n) is 2.11. The van der Waals surface area contributed by atoms with Gasteiger partial charge in [0.25, 0.3) is 5.69 Å². The van der Waals surface area contributed by atoms with E-state index in [2.05, 4.69) is 4.90 Å². The van der Waals surface area contributed by atoms with E-state index >= 15 is 0 Å². The highest BCUT2D eigenvalue weighted by Crippen LogP contribution is 2.20. The second-order valence-corrected chi connectivity index (χ2v) is 4.61. The summed E-state index contributed by atoms with van der Waals surface area (Å²) in [7, 11) is 0. The first kappa shape index (κ1) is 16.8. The Morgan fingerprint density at radius 1 is 1.30 bits per heavy atom. The molecule has 0 spiro atoms. The minimum Gasteiger partial charge on any atom is -0.388 e. The third-order valence-corrected chi connectivity index (χ3v) is 3.31. The number of morpholine rings is 1. The summed E-state index contributed by atoms with van der Waals surface area (Å²) in [5.41, 5.74) is 0.767. The van der Waals surface area contributed by atoms with Gasteiger partial charge in [-0.15, -0.1) is 12.4 Å². The lowest BCUT2D eigenvalue weighted by molar-refractivity contribution is -0.384. The number of nitrogens with zero attached hydrogens (tertiary/aromatic N) is 2. The molecule has 20 heavy (non-hydrogen) atoms. The maximum atomic E-state index is 10.5. The molecule has 0 aromatic heterocycles. The molecule has 1 N–H and O–H groups in total. The van der Waals surface area contributed by atoms with Gasteiger partial charge in [-0.1, -0.05) is 0 Å². The highest BCUT2D eigenvalue weighted by molar-refractivity contribution is 5.85. The molecule has 1 atom stereocenters. The van der Waals surface area contributed by atoms with E-state index in [-0.39, 0.29) is 18.1 Å². The van der Waals surface area contributed by atoms with Gasteiger partial charge in [-0.2, -0.15) is 0 Å². The maximum absolute atomic E-state index is 10.5. The lowest BCUT2D eigenvalue weighted by Gasteiger charge is -2.27. The van der Waals surface area contributed by atoms with Gasteiger partial charge in [-0.05, 0) is 24.1 Å². The van der Waals surface area contributed by atoms with E-state index in [0.29, 0.717) is 6.42 Å². The fraction of sp³-hybridized carbons (Fsp3) is 0.538. The number of ether oxygens (including phenoxy) is 1. The van der Waals surface area contributed by atoms with Gasteiger partial charge < -0.3 is 9.84 Å². The third-order valence-electron chi connectivity index (χ3n) is 3.31. The summed E-state index contributed by atoms with van der Waals surface area (Å²) in [4.78, 5) is 12.3. The van der Waals surface area contributed by atoms with E-state index in [1.165, 1.54) is 12.1 Å².